The molecule has 0 amide bonds. The minimum absolute atomic E-state index is 0.0220. The van der Waals surface area contributed by atoms with E-state index in [1.165, 1.54) is 0 Å². The molecule has 1 N–H and O–H groups in total. The summed E-state index contributed by atoms with van der Waals surface area (Å²) in [6, 6.07) is 0. The normalized spacial score (nSPS) is 28.2. The SMILES string of the molecule is Cc1nnc([C@@H]2COC[C@H]2O)n1C. The highest BCUT2D eigenvalue weighted by molar-refractivity contribution is 5.04. The molecule has 5 heteroatoms. The third kappa shape index (κ3) is 1.34. The van der Waals surface area contributed by atoms with Gasteiger partial charge >= 0.3 is 0 Å². The number of aromatic nitrogens is 3. The second-order valence-corrected chi connectivity index (χ2v) is 3.38. The maximum absolute atomic E-state index is 9.57. The molecule has 1 aromatic heterocycles. The molecule has 1 fully saturated rings. The summed E-state index contributed by atoms with van der Waals surface area (Å²) in [6.07, 6.45) is -0.442. The van der Waals surface area contributed by atoms with Crippen LogP contribution in [0.2, 0.25) is 0 Å². The van der Waals surface area contributed by atoms with E-state index in [9.17, 15) is 5.11 Å². The van der Waals surface area contributed by atoms with Crippen LogP contribution in [0, 0.1) is 6.92 Å². The van der Waals surface area contributed by atoms with Crippen LogP contribution in [-0.2, 0) is 11.8 Å². The Balaban J connectivity index is 2.29. The van der Waals surface area contributed by atoms with Gasteiger partial charge in [-0.3, -0.25) is 0 Å². The fourth-order valence-corrected chi connectivity index (χ4v) is 1.54. The molecule has 2 heterocycles. The van der Waals surface area contributed by atoms with E-state index in [4.69, 9.17) is 4.74 Å². The largest absolute Gasteiger partial charge is 0.390 e. The zero-order chi connectivity index (χ0) is 9.42. The predicted octanol–water partition coefficient (Wildman–Crippen LogP) is -0.402. The first-order valence-electron chi connectivity index (χ1n) is 4.32. The van der Waals surface area contributed by atoms with Crippen molar-refractivity contribution in [3.05, 3.63) is 11.6 Å². The smallest absolute Gasteiger partial charge is 0.140 e. The Morgan fingerprint density at radius 2 is 2.23 bits per heavy atom. The van der Waals surface area contributed by atoms with Crippen LogP contribution in [0.5, 0.6) is 0 Å². The maximum atomic E-state index is 9.57. The molecular formula is C8H13N3O2. The zero-order valence-electron chi connectivity index (χ0n) is 7.77. The molecule has 1 aliphatic rings. The lowest BCUT2D eigenvalue weighted by Gasteiger charge is -2.10. The first kappa shape index (κ1) is 8.65. The van der Waals surface area contributed by atoms with Gasteiger partial charge in [0.05, 0.1) is 25.2 Å². The second kappa shape index (κ2) is 3.08. The molecule has 1 aromatic rings. The summed E-state index contributed by atoms with van der Waals surface area (Å²) < 4.78 is 7.05. The molecule has 0 bridgehead atoms. The Hall–Kier alpha value is -0.940. The van der Waals surface area contributed by atoms with Crippen LogP contribution in [-0.4, -0.2) is 39.2 Å². The van der Waals surface area contributed by atoms with Gasteiger partial charge < -0.3 is 14.4 Å². The van der Waals surface area contributed by atoms with Gasteiger partial charge in [0.25, 0.3) is 0 Å². The summed E-state index contributed by atoms with van der Waals surface area (Å²) in [6.45, 7) is 2.82. The van der Waals surface area contributed by atoms with Gasteiger partial charge in [0.15, 0.2) is 0 Å². The molecule has 2 rings (SSSR count). The first-order valence-corrected chi connectivity index (χ1v) is 4.32. The molecule has 0 saturated carbocycles. The minimum Gasteiger partial charge on any atom is -0.390 e. The number of aliphatic hydroxyl groups is 1. The second-order valence-electron chi connectivity index (χ2n) is 3.38. The lowest BCUT2D eigenvalue weighted by atomic mass is 10.1. The van der Waals surface area contributed by atoms with Crippen molar-refractivity contribution in [3.8, 4) is 0 Å². The number of hydrogen-bond donors (Lipinski definition) is 1. The predicted molar refractivity (Wildman–Crippen MR) is 45.3 cm³/mol. The summed E-state index contributed by atoms with van der Waals surface area (Å²) >= 11 is 0. The van der Waals surface area contributed by atoms with Gasteiger partial charge in [-0.25, -0.2) is 0 Å². The lowest BCUT2D eigenvalue weighted by molar-refractivity contribution is 0.124. The topological polar surface area (TPSA) is 60.2 Å². The van der Waals surface area contributed by atoms with Crippen molar-refractivity contribution in [1.29, 1.82) is 0 Å². The van der Waals surface area contributed by atoms with Crippen molar-refractivity contribution in [1.82, 2.24) is 14.8 Å². The van der Waals surface area contributed by atoms with E-state index in [1.54, 1.807) is 0 Å². The van der Waals surface area contributed by atoms with E-state index >= 15 is 0 Å². The van der Waals surface area contributed by atoms with Crippen molar-refractivity contribution in [2.75, 3.05) is 13.2 Å². The van der Waals surface area contributed by atoms with Gasteiger partial charge in [-0.05, 0) is 6.92 Å². The van der Waals surface area contributed by atoms with Gasteiger partial charge in [0.2, 0.25) is 0 Å². The Bertz CT molecular complexity index is 310. The molecule has 5 nitrogen and oxygen atoms in total. The molecule has 2 atom stereocenters. The summed E-state index contributed by atoms with van der Waals surface area (Å²) in [5, 5.41) is 17.5. The van der Waals surface area contributed by atoms with Crippen molar-refractivity contribution < 1.29 is 9.84 Å². The highest BCUT2D eigenvalue weighted by Crippen LogP contribution is 2.23. The quantitative estimate of drug-likeness (QED) is 0.643. The Morgan fingerprint density at radius 1 is 1.46 bits per heavy atom. The van der Waals surface area contributed by atoms with Crippen molar-refractivity contribution >= 4 is 0 Å². The van der Waals surface area contributed by atoms with Crippen LogP contribution in [0.4, 0.5) is 0 Å². The fourth-order valence-electron chi connectivity index (χ4n) is 1.54. The van der Waals surface area contributed by atoms with Crippen LogP contribution in [0.3, 0.4) is 0 Å². The van der Waals surface area contributed by atoms with Gasteiger partial charge in [-0.2, -0.15) is 0 Å². The minimum atomic E-state index is -0.442. The van der Waals surface area contributed by atoms with Crippen LogP contribution in [0.25, 0.3) is 0 Å². The number of nitrogens with zero attached hydrogens (tertiary/aromatic N) is 3. The first-order chi connectivity index (χ1) is 6.20. The summed E-state index contributed by atoms with van der Waals surface area (Å²) in [5.41, 5.74) is 0. The van der Waals surface area contributed by atoms with E-state index in [-0.39, 0.29) is 5.92 Å². The van der Waals surface area contributed by atoms with E-state index in [0.29, 0.717) is 13.2 Å². The fraction of sp³-hybridized carbons (Fsp3) is 0.750. The van der Waals surface area contributed by atoms with E-state index < -0.39 is 6.10 Å². The highest BCUT2D eigenvalue weighted by atomic mass is 16.5. The molecule has 0 unspecified atom stereocenters. The Morgan fingerprint density at radius 3 is 2.69 bits per heavy atom. The number of aliphatic hydroxyl groups excluding tert-OH is 1. The summed E-state index contributed by atoms with van der Waals surface area (Å²) in [7, 11) is 1.90. The average molecular weight is 183 g/mol. The lowest BCUT2D eigenvalue weighted by Crippen LogP contribution is -2.19. The van der Waals surface area contributed by atoms with Gasteiger partial charge in [-0.15, -0.1) is 10.2 Å². The molecule has 1 aliphatic heterocycles. The van der Waals surface area contributed by atoms with Crippen molar-refractivity contribution in [2.45, 2.75) is 18.9 Å². The maximum Gasteiger partial charge on any atom is 0.140 e. The standard InChI is InChI=1S/C8H13N3O2/c1-5-9-10-8(11(5)2)6-3-13-4-7(6)12/h6-7,12H,3-4H2,1-2H3/t6-,7-/m1/s1. The summed E-state index contributed by atoms with van der Waals surface area (Å²) in [4.78, 5) is 0. The molecule has 13 heavy (non-hydrogen) atoms. The van der Waals surface area contributed by atoms with Gasteiger partial charge in [-0.1, -0.05) is 0 Å². The molecular weight excluding hydrogens is 170 g/mol. The Kier molecular flexibility index (Phi) is 2.05. The number of ether oxygens (including phenoxy) is 1. The monoisotopic (exact) mass is 183 g/mol. The van der Waals surface area contributed by atoms with E-state index in [2.05, 4.69) is 10.2 Å². The highest BCUT2D eigenvalue weighted by Gasteiger charge is 2.31. The van der Waals surface area contributed by atoms with Gasteiger partial charge in [0.1, 0.15) is 11.6 Å². The average Bonchev–Trinajstić information content (AvgIpc) is 2.62. The summed E-state index contributed by atoms with van der Waals surface area (Å²) in [5.74, 6) is 1.64. The number of aryl methyl sites for hydroxylation is 1. The molecule has 72 valence electrons. The van der Waals surface area contributed by atoms with E-state index in [1.807, 2.05) is 18.5 Å². The van der Waals surface area contributed by atoms with Crippen LogP contribution < -0.4 is 0 Å². The number of rotatable bonds is 1. The van der Waals surface area contributed by atoms with E-state index in [0.717, 1.165) is 11.6 Å². The van der Waals surface area contributed by atoms with Crippen molar-refractivity contribution in [3.63, 3.8) is 0 Å². The molecule has 0 radical (unpaired) electrons. The van der Waals surface area contributed by atoms with Crippen molar-refractivity contribution in [2.24, 2.45) is 7.05 Å². The third-order valence-corrected chi connectivity index (χ3v) is 2.51. The molecule has 0 spiro atoms. The van der Waals surface area contributed by atoms with Gasteiger partial charge in [0, 0.05) is 7.05 Å². The molecule has 0 aliphatic carbocycles. The van der Waals surface area contributed by atoms with Crippen LogP contribution in [0.15, 0.2) is 0 Å². The Labute approximate surface area is 76.3 Å². The zero-order valence-corrected chi connectivity index (χ0v) is 7.77. The molecule has 0 aromatic carbocycles. The third-order valence-electron chi connectivity index (χ3n) is 2.51. The number of hydrogen-bond acceptors (Lipinski definition) is 4. The van der Waals surface area contributed by atoms with Crippen LogP contribution in [0.1, 0.15) is 17.6 Å². The molecule has 1 saturated heterocycles. The van der Waals surface area contributed by atoms with Crippen LogP contribution >= 0.6 is 0 Å².